The van der Waals surface area contributed by atoms with E-state index in [1.54, 1.807) is 11.0 Å². The van der Waals surface area contributed by atoms with Crippen LogP contribution in [-0.2, 0) is 4.79 Å². The van der Waals surface area contributed by atoms with Crippen molar-refractivity contribution in [2.24, 2.45) is 0 Å². The van der Waals surface area contributed by atoms with E-state index in [9.17, 15) is 4.79 Å². The van der Waals surface area contributed by atoms with Crippen molar-refractivity contribution in [3.05, 3.63) is 12.7 Å². The monoisotopic (exact) mass is 210 g/mol. The van der Waals surface area contributed by atoms with Gasteiger partial charge >= 0.3 is 0 Å². The Hall–Kier alpha value is -1.39. The zero-order valence-electron chi connectivity index (χ0n) is 9.47. The summed E-state index contributed by atoms with van der Waals surface area (Å²) in [5.41, 5.74) is 0. The van der Waals surface area contributed by atoms with Crippen LogP contribution in [0.25, 0.3) is 0 Å². The van der Waals surface area contributed by atoms with Gasteiger partial charge in [0.2, 0.25) is 5.91 Å². The van der Waals surface area contributed by atoms with Crippen molar-refractivity contribution in [1.82, 2.24) is 20.1 Å². The second-order valence-corrected chi connectivity index (χ2v) is 3.75. The molecule has 84 valence electrons. The minimum absolute atomic E-state index is 0.0125. The maximum atomic E-state index is 11.7. The maximum absolute atomic E-state index is 11.7. The molecule has 0 spiro atoms. The summed E-state index contributed by atoms with van der Waals surface area (Å²) in [6.45, 7) is 5.92. The Morgan fingerprint density at radius 1 is 1.53 bits per heavy atom. The fourth-order valence-corrected chi connectivity index (χ4v) is 1.41. The molecule has 0 aliphatic heterocycles. The first-order valence-corrected chi connectivity index (χ1v) is 5.29. The van der Waals surface area contributed by atoms with Gasteiger partial charge in [-0.1, -0.05) is 13.3 Å². The Bertz CT molecular complexity index is 296. The minimum Gasteiger partial charge on any atom is -0.352 e. The van der Waals surface area contributed by atoms with Crippen LogP contribution in [0.15, 0.2) is 12.7 Å². The van der Waals surface area contributed by atoms with Crippen molar-refractivity contribution in [2.45, 2.75) is 45.7 Å². The van der Waals surface area contributed by atoms with Crippen molar-refractivity contribution in [3.8, 4) is 0 Å². The first-order valence-electron chi connectivity index (χ1n) is 5.29. The van der Waals surface area contributed by atoms with Crippen LogP contribution >= 0.6 is 0 Å². The van der Waals surface area contributed by atoms with Gasteiger partial charge in [-0.2, -0.15) is 5.10 Å². The van der Waals surface area contributed by atoms with Crippen LogP contribution in [0.2, 0.25) is 0 Å². The largest absolute Gasteiger partial charge is 0.352 e. The highest BCUT2D eigenvalue weighted by molar-refractivity contribution is 5.79. The van der Waals surface area contributed by atoms with Gasteiger partial charge in [-0.15, -0.1) is 0 Å². The van der Waals surface area contributed by atoms with Gasteiger partial charge in [0, 0.05) is 6.04 Å². The normalized spacial score (nSPS) is 14.6. The molecule has 5 nitrogen and oxygen atoms in total. The van der Waals surface area contributed by atoms with E-state index in [1.807, 2.05) is 13.8 Å². The highest BCUT2D eigenvalue weighted by Gasteiger charge is 2.16. The summed E-state index contributed by atoms with van der Waals surface area (Å²) in [6, 6.07) is -0.0831. The lowest BCUT2D eigenvalue weighted by Gasteiger charge is -2.16. The van der Waals surface area contributed by atoms with E-state index in [2.05, 4.69) is 22.3 Å². The van der Waals surface area contributed by atoms with Crippen molar-refractivity contribution in [1.29, 1.82) is 0 Å². The molecule has 1 rings (SSSR count). The van der Waals surface area contributed by atoms with Gasteiger partial charge in [0.25, 0.3) is 0 Å². The van der Waals surface area contributed by atoms with Crippen LogP contribution < -0.4 is 5.32 Å². The molecule has 0 fully saturated rings. The molecule has 1 heterocycles. The molecule has 0 aromatic carbocycles. The zero-order valence-corrected chi connectivity index (χ0v) is 9.47. The molecular formula is C10H18N4O. The molecule has 2 unspecified atom stereocenters. The van der Waals surface area contributed by atoms with E-state index in [0.717, 1.165) is 12.8 Å². The van der Waals surface area contributed by atoms with E-state index in [4.69, 9.17) is 0 Å². The second kappa shape index (κ2) is 5.48. The molecule has 5 heteroatoms. The van der Waals surface area contributed by atoms with Gasteiger partial charge in [0.05, 0.1) is 0 Å². The Morgan fingerprint density at radius 2 is 2.27 bits per heavy atom. The molecule has 1 amide bonds. The summed E-state index contributed by atoms with van der Waals surface area (Å²) in [5, 5.41) is 6.88. The Labute approximate surface area is 89.9 Å². The van der Waals surface area contributed by atoms with Gasteiger partial charge in [0.1, 0.15) is 18.7 Å². The Morgan fingerprint density at radius 3 is 2.80 bits per heavy atom. The topological polar surface area (TPSA) is 59.8 Å². The van der Waals surface area contributed by atoms with E-state index in [1.165, 1.54) is 6.33 Å². The number of aromatic nitrogens is 3. The number of amides is 1. The van der Waals surface area contributed by atoms with Crippen LogP contribution in [-0.4, -0.2) is 26.7 Å². The molecule has 1 aromatic heterocycles. The molecule has 1 aromatic rings. The average molecular weight is 210 g/mol. The fourth-order valence-electron chi connectivity index (χ4n) is 1.41. The lowest BCUT2D eigenvalue weighted by atomic mass is 10.2. The summed E-state index contributed by atoms with van der Waals surface area (Å²) < 4.78 is 1.55. The second-order valence-electron chi connectivity index (χ2n) is 3.75. The summed E-state index contributed by atoms with van der Waals surface area (Å²) in [6.07, 6.45) is 5.04. The van der Waals surface area contributed by atoms with Gasteiger partial charge in [-0.3, -0.25) is 4.79 Å². The highest BCUT2D eigenvalue weighted by Crippen LogP contribution is 2.03. The molecule has 0 saturated heterocycles. The van der Waals surface area contributed by atoms with E-state index >= 15 is 0 Å². The first kappa shape index (κ1) is 11.7. The number of hydrogen-bond donors (Lipinski definition) is 1. The number of carbonyl (C=O) groups is 1. The standard InChI is InChI=1S/C10H18N4O/c1-4-5-8(2)13-10(15)9(3)14-7-11-6-12-14/h6-9H,4-5H2,1-3H3,(H,13,15). The molecule has 0 saturated carbocycles. The summed E-state index contributed by atoms with van der Waals surface area (Å²) in [4.78, 5) is 15.5. The summed E-state index contributed by atoms with van der Waals surface area (Å²) in [7, 11) is 0. The first-order chi connectivity index (χ1) is 7.15. The zero-order chi connectivity index (χ0) is 11.3. The summed E-state index contributed by atoms with van der Waals surface area (Å²) in [5.74, 6) is -0.0125. The van der Waals surface area contributed by atoms with Crippen LogP contribution in [0, 0.1) is 0 Å². The fraction of sp³-hybridized carbons (Fsp3) is 0.700. The predicted octanol–water partition coefficient (Wildman–Crippen LogP) is 1.14. The molecule has 0 aliphatic carbocycles. The van der Waals surface area contributed by atoms with Crippen molar-refractivity contribution in [2.75, 3.05) is 0 Å². The summed E-state index contributed by atoms with van der Waals surface area (Å²) >= 11 is 0. The van der Waals surface area contributed by atoms with Gasteiger partial charge < -0.3 is 5.32 Å². The van der Waals surface area contributed by atoms with Crippen molar-refractivity contribution < 1.29 is 4.79 Å². The van der Waals surface area contributed by atoms with Gasteiger partial charge in [0.15, 0.2) is 0 Å². The third kappa shape index (κ3) is 3.34. The molecule has 0 aliphatic rings. The number of carbonyl (C=O) groups excluding carboxylic acids is 1. The maximum Gasteiger partial charge on any atom is 0.244 e. The van der Waals surface area contributed by atoms with Crippen LogP contribution in [0.5, 0.6) is 0 Å². The predicted molar refractivity (Wildman–Crippen MR) is 57.2 cm³/mol. The molecule has 1 N–H and O–H groups in total. The third-order valence-corrected chi connectivity index (χ3v) is 2.32. The van der Waals surface area contributed by atoms with Crippen LogP contribution in [0.1, 0.15) is 39.7 Å². The average Bonchev–Trinajstić information content (AvgIpc) is 2.69. The highest BCUT2D eigenvalue weighted by atomic mass is 16.2. The van der Waals surface area contributed by atoms with Crippen LogP contribution in [0.4, 0.5) is 0 Å². The van der Waals surface area contributed by atoms with E-state index < -0.39 is 0 Å². The number of hydrogen-bond acceptors (Lipinski definition) is 3. The SMILES string of the molecule is CCCC(C)NC(=O)C(C)n1cncn1. The third-order valence-electron chi connectivity index (χ3n) is 2.32. The number of nitrogens with one attached hydrogen (secondary N) is 1. The molecule has 2 atom stereocenters. The van der Waals surface area contributed by atoms with E-state index in [0.29, 0.717) is 0 Å². The number of rotatable bonds is 5. The molecule has 0 bridgehead atoms. The number of nitrogens with zero attached hydrogens (tertiary/aromatic N) is 3. The lowest BCUT2D eigenvalue weighted by molar-refractivity contribution is -0.124. The van der Waals surface area contributed by atoms with E-state index in [-0.39, 0.29) is 18.0 Å². The molecular weight excluding hydrogens is 192 g/mol. The van der Waals surface area contributed by atoms with Crippen LogP contribution in [0.3, 0.4) is 0 Å². The van der Waals surface area contributed by atoms with Gasteiger partial charge in [-0.05, 0) is 20.3 Å². The molecule has 0 radical (unpaired) electrons. The Kier molecular flexibility index (Phi) is 4.27. The lowest BCUT2D eigenvalue weighted by Crippen LogP contribution is -2.37. The molecule has 15 heavy (non-hydrogen) atoms. The van der Waals surface area contributed by atoms with Gasteiger partial charge in [-0.25, -0.2) is 9.67 Å². The Balaban J connectivity index is 2.47. The van der Waals surface area contributed by atoms with Crippen molar-refractivity contribution in [3.63, 3.8) is 0 Å². The van der Waals surface area contributed by atoms with Crippen molar-refractivity contribution >= 4 is 5.91 Å². The smallest absolute Gasteiger partial charge is 0.244 e. The minimum atomic E-state index is -0.299. The quantitative estimate of drug-likeness (QED) is 0.793.